The summed E-state index contributed by atoms with van der Waals surface area (Å²) in [5, 5.41) is 3.28. The third kappa shape index (κ3) is 5.36. The normalized spacial score (nSPS) is 18.1. The van der Waals surface area contributed by atoms with Gasteiger partial charge in [-0.3, -0.25) is 4.79 Å². The first-order chi connectivity index (χ1) is 13.4. The Bertz CT molecular complexity index is 930. The van der Waals surface area contributed by atoms with E-state index in [4.69, 9.17) is 0 Å². The fourth-order valence-electron chi connectivity index (χ4n) is 3.30. The smallest absolute Gasteiger partial charge is 0.230 e. The Morgan fingerprint density at radius 3 is 3.00 bits per heavy atom. The van der Waals surface area contributed by atoms with E-state index in [9.17, 15) is 17.6 Å². The summed E-state index contributed by atoms with van der Waals surface area (Å²) in [6.07, 6.45) is 4.10. The van der Waals surface area contributed by atoms with Crippen LogP contribution in [0.15, 0.2) is 30.5 Å². The number of nitrogens with one attached hydrogen (secondary N) is 1. The van der Waals surface area contributed by atoms with E-state index in [-0.39, 0.29) is 29.9 Å². The van der Waals surface area contributed by atoms with Crippen LogP contribution in [0.25, 0.3) is 0 Å². The second kappa shape index (κ2) is 9.11. The molecule has 6 nitrogen and oxygen atoms in total. The molecule has 1 unspecified atom stereocenters. The van der Waals surface area contributed by atoms with Crippen molar-refractivity contribution in [3.8, 4) is 0 Å². The molecule has 1 fully saturated rings. The summed E-state index contributed by atoms with van der Waals surface area (Å²) in [5.74, 6) is -0.758. The fourth-order valence-corrected chi connectivity index (χ4v) is 5.74. The summed E-state index contributed by atoms with van der Waals surface area (Å²) in [5.41, 5.74) is 0.838. The molecule has 1 aliphatic rings. The van der Waals surface area contributed by atoms with E-state index < -0.39 is 10.0 Å². The van der Waals surface area contributed by atoms with Gasteiger partial charge in [0.2, 0.25) is 15.9 Å². The number of hydrogen-bond donors (Lipinski definition) is 1. The Hall–Kier alpha value is -1.84. The number of carbonyl (C=O) groups excluding carboxylic acids is 1. The first-order valence-electron chi connectivity index (χ1n) is 9.35. The minimum absolute atomic E-state index is 0.108. The quantitative estimate of drug-likeness (QED) is 0.738. The maximum Gasteiger partial charge on any atom is 0.230 e. The van der Waals surface area contributed by atoms with Crippen LogP contribution in [0.3, 0.4) is 0 Å². The Morgan fingerprint density at radius 1 is 1.43 bits per heavy atom. The third-order valence-corrected chi connectivity index (χ3v) is 7.62. The molecular weight excluding hydrogens is 401 g/mol. The van der Waals surface area contributed by atoms with Crippen LogP contribution in [0, 0.1) is 11.7 Å². The predicted octanol–water partition coefficient (Wildman–Crippen LogP) is 3.26. The summed E-state index contributed by atoms with van der Waals surface area (Å²) in [6, 6.07) is 6.38. The zero-order valence-electron chi connectivity index (χ0n) is 15.7. The SMILES string of the molecule is CCCS(=O)(=O)N1CCCC(C(=O)Nc2ncc(Cc3cccc(F)c3)s2)C1. The number of anilines is 1. The van der Waals surface area contributed by atoms with Gasteiger partial charge in [-0.15, -0.1) is 11.3 Å². The van der Waals surface area contributed by atoms with Gasteiger partial charge in [-0.25, -0.2) is 22.1 Å². The van der Waals surface area contributed by atoms with Crippen LogP contribution in [-0.4, -0.2) is 42.5 Å². The molecule has 2 heterocycles. The van der Waals surface area contributed by atoms with E-state index in [1.54, 1.807) is 12.3 Å². The van der Waals surface area contributed by atoms with Gasteiger partial charge in [-0.05, 0) is 37.0 Å². The van der Waals surface area contributed by atoms with Crippen molar-refractivity contribution >= 4 is 32.4 Å². The first-order valence-corrected chi connectivity index (χ1v) is 11.8. The molecule has 0 spiro atoms. The first kappa shape index (κ1) is 20.9. The van der Waals surface area contributed by atoms with Crippen molar-refractivity contribution in [1.29, 1.82) is 0 Å². The van der Waals surface area contributed by atoms with E-state index in [1.165, 1.54) is 27.8 Å². The van der Waals surface area contributed by atoms with E-state index >= 15 is 0 Å². The number of halogens is 1. The minimum Gasteiger partial charge on any atom is -0.302 e. The Balaban J connectivity index is 1.59. The average Bonchev–Trinajstić information content (AvgIpc) is 3.08. The summed E-state index contributed by atoms with van der Waals surface area (Å²) in [4.78, 5) is 17.7. The van der Waals surface area contributed by atoms with Crippen molar-refractivity contribution in [2.24, 2.45) is 5.92 Å². The zero-order valence-corrected chi connectivity index (χ0v) is 17.4. The van der Waals surface area contributed by atoms with Gasteiger partial charge in [-0.2, -0.15) is 0 Å². The molecule has 28 heavy (non-hydrogen) atoms. The van der Waals surface area contributed by atoms with Gasteiger partial charge in [0.1, 0.15) is 5.82 Å². The molecule has 9 heteroatoms. The van der Waals surface area contributed by atoms with Crippen LogP contribution < -0.4 is 5.32 Å². The molecule has 0 saturated carbocycles. The Kier molecular flexibility index (Phi) is 6.79. The molecule has 0 bridgehead atoms. The molecule has 0 aliphatic carbocycles. The molecule has 1 N–H and O–H groups in total. The lowest BCUT2D eigenvalue weighted by Gasteiger charge is -2.30. The highest BCUT2D eigenvalue weighted by atomic mass is 32.2. The highest BCUT2D eigenvalue weighted by Crippen LogP contribution is 2.25. The van der Waals surface area contributed by atoms with Crippen molar-refractivity contribution in [3.63, 3.8) is 0 Å². The molecule has 1 aromatic heterocycles. The van der Waals surface area contributed by atoms with Crippen molar-refractivity contribution in [2.75, 3.05) is 24.2 Å². The lowest BCUT2D eigenvalue weighted by atomic mass is 9.99. The highest BCUT2D eigenvalue weighted by Gasteiger charge is 2.32. The summed E-state index contributed by atoms with van der Waals surface area (Å²) in [7, 11) is -3.30. The number of hydrogen-bond acceptors (Lipinski definition) is 5. The molecule has 1 atom stereocenters. The van der Waals surface area contributed by atoms with E-state index in [0.717, 1.165) is 10.4 Å². The van der Waals surface area contributed by atoms with Crippen LogP contribution in [-0.2, 0) is 21.2 Å². The van der Waals surface area contributed by atoms with Crippen molar-refractivity contribution < 1.29 is 17.6 Å². The zero-order chi connectivity index (χ0) is 20.1. The Labute approximate surface area is 168 Å². The van der Waals surface area contributed by atoms with Crippen molar-refractivity contribution in [1.82, 2.24) is 9.29 Å². The standard InChI is InChI=1S/C19H24FN3O3S2/c1-2-9-28(25,26)23-8-4-6-15(13-23)18(24)22-19-21-12-17(27-19)11-14-5-3-7-16(20)10-14/h3,5,7,10,12,15H,2,4,6,8-9,11,13H2,1H3,(H,21,22,24). The summed E-state index contributed by atoms with van der Waals surface area (Å²) < 4.78 is 39.3. The summed E-state index contributed by atoms with van der Waals surface area (Å²) >= 11 is 1.34. The predicted molar refractivity (Wildman–Crippen MR) is 108 cm³/mol. The number of benzene rings is 1. The number of carbonyl (C=O) groups is 1. The third-order valence-electron chi connectivity index (χ3n) is 4.66. The maximum absolute atomic E-state index is 13.3. The molecule has 3 rings (SSSR count). The van der Waals surface area contributed by atoms with Crippen molar-refractivity contribution in [3.05, 3.63) is 46.7 Å². The number of amides is 1. The maximum atomic E-state index is 13.3. The highest BCUT2D eigenvalue weighted by molar-refractivity contribution is 7.89. The molecule has 0 radical (unpaired) electrons. The number of aromatic nitrogens is 1. The largest absolute Gasteiger partial charge is 0.302 e. The second-order valence-corrected chi connectivity index (χ2v) is 10.1. The summed E-state index contributed by atoms with van der Waals surface area (Å²) in [6.45, 7) is 2.52. The Morgan fingerprint density at radius 2 is 2.25 bits per heavy atom. The fraction of sp³-hybridized carbons (Fsp3) is 0.474. The lowest BCUT2D eigenvalue weighted by Crippen LogP contribution is -2.44. The molecule has 1 aromatic carbocycles. The molecule has 2 aromatic rings. The number of sulfonamides is 1. The molecular formula is C19H24FN3O3S2. The topological polar surface area (TPSA) is 79.4 Å². The molecule has 1 saturated heterocycles. The van der Waals surface area contributed by atoms with Crippen LogP contribution >= 0.6 is 11.3 Å². The van der Waals surface area contributed by atoms with Crippen molar-refractivity contribution in [2.45, 2.75) is 32.6 Å². The lowest BCUT2D eigenvalue weighted by molar-refractivity contribution is -0.120. The van der Waals surface area contributed by atoms with Crippen LogP contribution in [0.4, 0.5) is 9.52 Å². The molecule has 1 aliphatic heterocycles. The molecule has 152 valence electrons. The van der Waals surface area contributed by atoms with E-state index in [2.05, 4.69) is 10.3 Å². The van der Waals surface area contributed by atoms with Gasteiger partial charge in [-0.1, -0.05) is 19.1 Å². The van der Waals surface area contributed by atoms with Crippen LogP contribution in [0.5, 0.6) is 0 Å². The number of piperidine rings is 1. The number of thiazole rings is 1. The number of nitrogens with zero attached hydrogens (tertiary/aromatic N) is 2. The van der Waals surface area contributed by atoms with E-state index in [0.29, 0.717) is 37.4 Å². The van der Waals surface area contributed by atoms with Crippen LogP contribution in [0.2, 0.25) is 0 Å². The monoisotopic (exact) mass is 425 g/mol. The molecule has 1 amide bonds. The van der Waals surface area contributed by atoms with Gasteiger partial charge in [0.25, 0.3) is 0 Å². The van der Waals surface area contributed by atoms with E-state index in [1.807, 2.05) is 13.0 Å². The number of rotatable bonds is 7. The average molecular weight is 426 g/mol. The van der Waals surface area contributed by atoms with Gasteiger partial charge < -0.3 is 5.32 Å². The second-order valence-electron chi connectivity index (χ2n) is 6.94. The van der Waals surface area contributed by atoms with Gasteiger partial charge >= 0.3 is 0 Å². The van der Waals surface area contributed by atoms with Gasteiger partial charge in [0.15, 0.2) is 5.13 Å². The van der Waals surface area contributed by atoms with Gasteiger partial charge in [0.05, 0.1) is 11.7 Å². The van der Waals surface area contributed by atoms with Crippen LogP contribution in [0.1, 0.15) is 36.6 Å². The minimum atomic E-state index is -3.30. The van der Waals surface area contributed by atoms with Gasteiger partial charge in [0, 0.05) is 30.6 Å².